The smallest absolute Gasteiger partial charge is 0.460 e. The van der Waals surface area contributed by atoms with Gasteiger partial charge < -0.3 is 14.0 Å². The van der Waals surface area contributed by atoms with Crippen molar-refractivity contribution >= 4 is 18.6 Å². The van der Waals surface area contributed by atoms with E-state index >= 15 is 0 Å². The molecule has 5 nitrogen and oxygen atoms in total. The molecule has 0 unspecified atom stereocenters. The minimum absolute atomic E-state index is 0.167. The van der Waals surface area contributed by atoms with E-state index in [1.54, 1.807) is 0 Å². The first-order chi connectivity index (χ1) is 15.3. The highest BCUT2D eigenvalue weighted by atomic mass is 16.7. The van der Waals surface area contributed by atoms with Gasteiger partial charge in [0.05, 0.1) is 11.2 Å². The van der Waals surface area contributed by atoms with Gasteiger partial charge in [-0.2, -0.15) is 0 Å². The van der Waals surface area contributed by atoms with Gasteiger partial charge in [-0.25, -0.2) is 0 Å². The molecule has 0 amide bonds. The van der Waals surface area contributed by atoms with Crippen LogP contribution < -0.4 is 5.46 Å². The van der Waals surface area contributed by atoms with Gasteiger partial charge in [0.2, 0.25) is 0 Å². The fraction of sp³-hybridized carbons (Fsp3) is 0.556. The molecule has 0 saturated carbocycles. The van der Waals surface area contributed by atoms with Crippen molar-refractivity contribution in [3.05, 3.63) is 59.4 Å². The number of esters is 1. The number of hydrogen-bond acceptors (Lipinski definition) is 5. The highest BCUT2D eigenvalue weighted by molar-refractivity contribution is 6.62. The maximum Gasteiger partial charge on any atom is 0.494 e. The number of nitrogens with zero attached hydrogens (tertiary/aromatic N) is 1. The van der Waals surface area contributed by atoms with E-state index in [0.717, 1.165) is 24.0 Å². The van der Waals surface area contributed by atoms with Crippen LogP contribution in [-0.2, 0) is 37.1 Å². The predicted molar refractivity (Wildman–Crippen MR) is 131 cm³/mol. The van der Waals surface area contributed by atoms with Crippen LogP contribution in [0.25, 0.3) is 0 Å². The summed E-state index contributed by atoms with van der Waals surface area (Å²) in [5.74, 6) is -0.167. The molecule has 0 radical (unpaired) electrons. The molecule has 33 heavy (non-hydrogen) atoms. The Hall–Kier alpha value is -2.18. The molecule has 1 aromatic carbocycles. The van der Waals surface area contributed by atoms with Crippen molar-refractivity contribution in [1.82, 2.24) is 4.98 Å². The summed E-state index contributed by atoms with van der Waals surface area (Å²) in [6.07, 6.45) is 4.58. The molecule has 2 heterocycles. The summed E-state index contributed by atoms with van der Waals surface area (Å²) in [7, 11) is -0.441. The average molecular weight is 449 g/mol. The lowest BCUT2D eigenvalue weighted by atomic mass is 9.73. The molecule has 0 atom stereocenters. The van der Waals surface area contributed by atoms with Gasteiger partial charge in [-0.05, 0) is 96.5 Å². The summed E-state index contributed by atoms with van der Waals surface area (Å²) >= 11 is 0. The van der Waals surface area contributed by atoms with Crippen molar-refractivity contribution in [2.75, 3.05) is 0 Å². The maximum absolute atomic E-state index is 12.6. The molecule has 1 fully saturated rings. The summed E-state index contributed by atoms with van der Waals surface area (Å²) < 4.78 is 18.2. The van der Waals surface area contributed by atoms with Crippen molar-refractivity contribution in [1.29, 1.82) is 0 Å². The Kier molecular flexibility index (Phi) is 5.99. The largest absolute Gasteiger partial charge is 0.494 e. The molecule has 1 aliphatic heterocycles. The Morgan fingerprint density at radius 1 is 1.03 bits per heavy atom. The number of benzene rings is 1. The highest BCUT2D eigenvalue weighted by Crippen LogP contribution is 2.43. The summed E-state index contributed by atoms with van der Waals surface area (Å²) in [6.45, 7) is 14.0. The number of carbonyl (C=O) groups excluding carboxylic acids is 1. The first-order valence-electron chi connectivity index (χ1n) is 11.9. The van der Waals surface area contributed by atoms with E-state index in [2.05, 4.69) is 58.0 Å². The molecular formula is C27H36BNO4. The number of aromatic nitrogens is 1. The van der Waals surface area contributed by atoms with Gasteiger partial charge in [-0.1, -0.05) is 24.3 Å². The Bertz CT molecular complexity index is 999. The fourth-order valence-corrected chi connectivity index (χ4v) is 4.78. The molecular weight excluding hydrogens is 413 g/mol. The molecule has 2 aromatic rings. The van der Waals surface area contributed by atoms with Crippen molar-refractivity contribution < 1.29 is 18.8 Å². The predicted octanol–water partition coefficient (Wildman–Crippen LogP) is 4.54. The van der Waals surface area contributed by atoms with Crippen LogP contribution in [-0.4, -0.2) is 34.9 Å². The molecule has 0 bridgehead atoms. The van der Waals surface area contributed by atoms with Crippen LogP contribution in [0.1, 0.15) is 78.1 Å². The number of fused-ring (bicyclic) bond motifs is 1. The van der Waals surface area contributed by atoms with E-state index in [0.29, 0.717) is 12.8 Å². The third-order valence-corrected chi connectivity index (χ3v) is 7.26. The van der Waals surface area contributed by atoms with Gasteiger partial charge in [-0.3, -0.25) is 9.78 Å². The van der Waals surface area contributed by atoms with Gasteiger partial charge in [-0.15, -0.1) is 0 Å². The van der Waals surface area contributed by atoms with Crippen LogP contribution in [0, 0.1) is 0 Å². The van der Waals surface area contributed by atoms with Crippen molar-refractivity contribution in [3.8, 4) is 0 Å². The summed E-state index contributed by atoms with van der Waals surface area (Å²) in [4.78, 5) is 17.4. The second kappa shape index (κ2) is 8.24. The van der Waals surface area contributed by atoms with E-state index in [9.17, 15) is 4.79 Å². The van der Waals surface area contributed by atoms with Crippen molar-refractivity contribution in [2.45, 2.75) is 96.4 Å². The molecule has 176 valence electrons. The van der Waals surface area contributed by atoms with Crippen LogP contribution in [0.5, 0.6) is 0 Å². The minimum Gasteiger partial charge on any atom is -0.460 e. The van der Waals surface area contributed by atoms with Crippen LogP contribution in [0.3, 0.4) is 0 Å². The molecule has 2 aliphatic rings. The second-order valence-corrected chi connectivity index (χ2v) is 11.6. The Balaban J connectivity index is 1.63. The Morgan fingerprint density at radius 2 is 1.61 bits per heavy atom. The number of pyridine rings is 1. The number of carbonyl (C=O) groups is 1. The van der Waals surface area contributed by atoms with Gasteiger partial charge in [0, 0.05) is 23.7 Å². The zero-order valence-corrected chi connectivity index (χ0v) is 21.0. The van der Waals surface area contributed by atoms with Crippen LogP contribution in [0.2, 0.25) is 0 Å². The molecule has 1 saturated heterocycles. The second-order valence-electron chi connectivity index (χ2n) is 11.6. The van der Waals surface area contributed by atoms with Crippen LogP contribution in [0.15, 0.2) is 42.6 Å². The van der Waals surface area contributed by atoms with Crippen LogP contribution >= 0.6 is 0 Å². The molecule has 1 aliphatic carbocycles. The van der Waals surface area contributed by atoms with E-state index in [1.165, 1.54) is 11.1 Å². The van der Waals surface area contributed by atoms with Crippen molar-refractivity contribution in [3.63, 3.8) is 0 Å². The summed E-state index contributed by atoms with van der Waals surface area (Å²) in [5, 5.41) is 0. The average Bonchev–Trinajstić information content (AvgIpc) is 3.20. The number of hydrogen-bond donors (Lipinski definition) is 0. The first kappa shape index (κ1) is 24.0. The normalized spacial score (nSPS) is 20.5. The lowest BCUT2D eigenvalue weighted by Crippen LogP contribution is -2.41. The third-order valence-electron chi connectivity index (χ3n) is 7.26. The first-order valence-corrected chi connectivity index (χ1v) is 11.9. The number of rotatable bonds is 5. The van der Waals surface area contributed by atoms with E-state index < -0.39 is 23.9 Å². The Labute approximate surface area is 198 Å². The zero-order valence-electron chi connectivity index (χ0n) is 21.0. The molecule has 1 aromatic heterocycles. The molecule has 4 rings (SSSR count). The third kappa shape index (κ3) is 4.87. The lowest BCUT2D eigenvalue weighted by molar-refractivity contribution is -0.155. The molecule has 0 spiro atoms. The van der Waals surface area contributed by atoms with E-state index in [4.69, 9.17) is 19.0 Å². The van der Waals surface area contributed by atoms with Gasteiger partial charge in [0.25, 0.3) is 0 Å². The monoisotopic (exact) mass is 449 g/mol. The summed E-state index contributed by atoms with van der Waals surface area (Å²) in [5.41, 5.74) is 3.03. The minimum atomic E-state index is -0.488. The molecule has 6 heteroatoms. The standard InChI is InChI=1S/C27H36BNO4/c1-24(2,3)31-23(30)12-14-27(17-19-10-8-9-11-20(19)18-27)22-16-21(13-15-29-22)28-32-25(4,5)26(6,7)33-28/h8-11,13,15-16H,12,14,17-18H2,1-7H3. The highest BCUT2D eigenvalue weighted by Gasteiger charge is 2.52. The zero-order chi connectivity index (χ0) is 24.1. The van der Waals surface area contributed by atoms with Crippen molar-refractivity contribution in [2.24, 2.45) is 0 Å². The van der Waals surface area contributed by atoms with Gasteiger partial charge in [0.15, 0.2) is 0 Å². The molecule has 0 N–H and O–H groups in total. The SMILES string of the molecule is CC(C)(C)OC(=O)CCC1(c2cc(B3OC(C)(C)C(C)(C)O3)ccn2)Cc2ccccc2C1. The van der Waals surface area contributed by atoms with E-state index in [-0.39, 0.29) is 11.4 Å². The lowest BCUT2D eigenvalue weighted by Gasteiger charge is -2.32. The maximum atomic E-state index is 12.6. The quantitative estimate of drug-likeness (QED) is 0.496. The van der Waals surface area contributed by atoms with Gasteiger partial charge in [0.1, 0.15) is 5.60 Å². The summed E-state index contributed by atoms with van der Waals surface area (Å²) in [6, 6.07) is 12.6. The topological polar surface area (TPSA) is 57.7 Å². The number of ether oxygens (including phenoxy) is 1. The van der Waals surface area contributed by atoms with Gasteiger partial charge >= 0.3 is 13.1 Å². The fourth-order valence-electron chi connectivity index (χ4n) is 4.78. The Morgan fingerprint density at radius 3 is 2.15 bits per heavy atom. The van der Waals surface area contributed by atoms with Crippen LogP contribution in [0.4, 0.5) is 0 Å². The van der Waals surface area contributed by atoms with E-state index in [1.807, 2.05) is 33.0 Å².